The van der Waals surface area contributed by atoms with Crippen molar-refractivity contribution in [3.05, 3.63) is 77.4 Å². The molecule has 1 atom stereocenters. The highest BCUT2D eigenvalue weighted by Crippen LogP contribution is 2.31. The number of amides is 3. The highest BCUT2D eigenvalue weighted by Gasteiger charge is 2.29. The van der Waals surface area contributed by atoms with E-state index in [1.54, 1.807) is 43.3 Å². The van der Waals surface area contributed by atoms with E-state index in [1.165, 1.54) is 14.2 Å². The molecule has 0 aliphatic carbocycles. The summed E-state index contributed by atoms with van der Waals surface area (Å²) in [4.78, 5) is 39.8. The molecule has 4 rings (SSSR count). The highest BCUT2D eigenvalue weighted by atomic mass is 16.5. The highest BCUT2D eigenvalue weighted by molar-refractivity contribution is 6.01. The summed E-state index contributed by atoms with van der Waals surface area (Å²) in [5.41, 5.74) is 3.31. The van der Waals surface area contributed by atoms with Crippen molar-refractivity contribution in [2.24, 2.45) is 0 Å². The Morgan fingerprint density at radius 3 is 2.40 bits per heavy atom. The van der Waals surface area contributed by atoms with E-state index in [2.05, 4.69) is 10.6 Å². The number of ether oxygens (including phenoxy) is 4. The molecule has 1 unspecified atom stereocenters. The molecular formula is C32H37N3O7. The number of urea groups is 1. The zero-order valence-corrected chi connectivity index (χ0v) is 24.4. The Balaban J connectivity index is 1.36. The maximum atomic E-state index is 13.3. The van der Waals surface area contributed by atoms with Gasteiger partial charge in [-0.1, -0.05) is 24.3 Å². The number of nitrogens with zero attached hydrogens (tertiary/aromatic N) is 1. The number of esters is 1. The Morgan fingerprint density at radius 1 is 0.905 bits per heavy atom. The normalized spacial score (nSPS) is 14.2. The summed E-state index contributed by atoms with van der Waals surface area (Å²) >= 11 is 0. The quantitative estimate of drug-likeness (QED) is 0.292. The van der Waals surface area contributed by atoms with E-state index < -0.39 is 12.0 Å². The minimum absolute atomic E-state index is 0.0224. The van der Waals surface area contributed by atoms with E-state index in [4.69, 9.17) is 18.9 Å². The van der Waals surface area contributed by atoms with Gasteiger partial charge in [-0.3, -0.25) is 4.79 Å². The monoisotopic (exact) mass is 575 g/mol. The number of para-hydroxylation sites is 1. The van der Waals surface area contributed by atoms with Gasteiger partial charge in [0.15, 0.2) is 11.5 Å². The summed E-state index contributed by atoms with van der Waals surface area (Å²) in [6.45, 7) is 4.88. The van der Waals surface area contributed by atoms with E-state index in [1.807, 2.05) is 36.1 Å². The smallest absolute Gasteiger partial charge is 0.338 e. The number of anilines is 2. The van der Waals surface area contributed by atoms with Crippen LogP contribution in [0.2, 0.25) is 0 Å². The van der Waals surface area contributed by atoms with Gasteiger partial charge >= 0.3 is 12.0 Å². The Labute approximate surface area is 245 Å². The molecule has 1 aliphatic rings. The van der Waals surface area contributed by atoms with Crippen LogP contribution >= 0.6 is 0 Å². The van der Waals surface area contributed by atoms with Crippen molar-refractivity contribution >= 4 is 29.3 Å². The standard InChI is InChI=1S/C32H37N3O7/c1-5-41-31(37)23-13-15-27(29(19-23)40-4)42-20-24-10-8-16-35(24)30(36)18-22-12-14-26(28(17-22)39-3)34-32(38)33-25-11-7-6-9-21(25)2/h6-7,9,11-15,17,19,24H,5,8,10,16,18,20H2,1-4H3,(H2,33,34,38). The zero-order chi connectivity index (χ0) is 30.1. The van der Waals surface area contributed by atoms with E-state index in [0.29, 0.717) is 47.3 Å². The van der Waals surface area contributed by atoms with Crippen LogP contribution in [-0.2, 0) is 16.0 Å². The van der Waals surface area contributed by atoms with Crippen LogP contribution in [0.4, 0.5) is 16.2 Å². The third kappa shape index (κ3) is 7.51. The number of carbonyl (C=O) groups excluding carboxylic acids is 3. The van der Waals surface area contributed by atoms with Crippen molar-refractivity contribution in [2.75, 3.05) is 44.6 Å². The van der Waals surface area contributed by atoms with E-state index in [0.717, 1.165) is 24.0 Å². The van der Waals surface area contributed by atoms with Gasteiger partial charge in [0.05, 0.1) is 44.5 Å². The Kier molecular flexibility index (Phi) is 10.3. The molecule has 2 N–H and O–H groups in total. The molecule has 0 bridgehead atoms. The predicted molar refractivity (Wildman–Crippen MR) is 160 cm³/mol. The summed E-state index contributed by atoms with van der Waals surface area (Å²) in [7, 11) is 3.03. The molecule has 3 aromatic carbocycles. The molecule has 0 saturated carbocycles. The summed E-state index contributed by atoms with van der Waals surface area (Å²) in [5.74, 6) is 0.917. The first-order valence-electron chi connectivity index (χ1n) is 13.9. The molecule has 3 aromatic rings. The van der Waals surface area contributed by atoms with Crippen LogP contribution in [0, 0.1) is 6.92 Å². The second-order valence-electron chi connectivity index (χ2n) is 9.89. The number of methoxy groups -OCH3 is 2. The van der Waals surface area contributed by atoms with Gasteiger partial charge < -0.3 is 34.5 Å². The van der Waals surface area contributed by atoms with Gasteiger partial charge in [-0.2, -0.15) is 0 Å². The third-order valence-corrected chi connectivity index (χ3v) is 7.07. The molecule has 1 fully saturated rings. The molecule has 1 aliphatic heterocycles. The SMILES string of the molecule is CCOC(=O)c1ccc(OCC2CCCN2C(=O)Cc2ccc(NC(=O)Nc3ccccc3C)c(OC)c2)c(OC)c1. The lowest BCUT2D eigenvalue weighted by molar-refractivity contribution is -0.131. The van der Waals surface area contributed by atoms with Gasteiger partial charge in [0.2, 0.25) is 5.91 Å². The van der Waals surface area contributed by atoms with E-state index in [-0.39, 0.29) is 25.0 Å². The minimum Gasteiger partial charge on any atom is -0.495 e. The Hall–Kier alpha value is -4.73. The molecule has 0 radical (unpaired) electrons. The van der Waals surface area contributed by atoms with Crippen LogP contribution in [-0.4, -0.2) is 62.8 Å². The maximum Gasteiger partial charge on any atom is 0.338 e. The van der Waals surface area contributed by atoms with Gasteiger partial charge in [-0.05, 0) is 74.2 Å². The van der Waals surface area contributed by atoms with Gasteiger partial charge in [0.25, 0.3) is 0 Å². The lowest BCUT2D eigenvalue weighted by atomic mass is 10.1. The fraction of sp³-hybridized carbons (Fsp3) is 0.344. The van der Waals surface area contributed by atoms with Crippen LogP contribution < -0.4 is 24.8 Å². The summed E-state index contributed by atoms with van der Waals surface area (Å²) in [6.07, 6.45) is 1.87. The first-order valence-corrected chi connectivity index (χ1v) is 13.9. The van der Waals surface area contributed by atoms with Crippen molar-refractivity contribution < 1.29 is 33.3 Å². The number of hydrogen-bond donors (Lipinski definition) is 2. The molecule has 3 amide bonds. The molecule has 222 valence electrons. The minimum atomic E-state index is -0.430. The molecule has 0 spiro atoms. The molecule has 42 heavy (non-hydrogen) atoms. The number of hydrogen-bond acceptors (Lipinski definition) is 7. The fourth-order valence-electron chi connectivity index (χ4n) is 4.87. The van der Waals surface area contributed by atoms with E-state index in [9.17, 15) is 14.4 Å². The first-order chi connectivity index (χ1) is 20.3. The predicted octanol–water partition coefficient (Wildman–Crippen LogP) is 5.45. The first kappa shape index (κ1) is 30.2. The number of benzene rings is 3. The molecule has 0 aromatic heterocycles. The summed E-state index contributed by atoms with van der Waals surface area (Å²) < 4.78 is 22.0. The maximum absolute atomic E-state index is 13.3. The van der Waals surface area contributed by atoms with Crippen LogP contribution in [0.1, 0.15) is 41.3 Å². The fourth-order valence-corrected chi connectivity index (χ4v) is 4.87. The average Bonchev–Trinajstić information content (AvgIpc) is 3.47. The Morgan fingerprint density at radius 2 is 1.67 bits per heavy atom. The summed E-state index contributed by atoms with van der Waals surface area (Å²) in [6, 6.07) is 17.2. The third-order valence-electron chi connectivity index (χ3n) is 7.07. The molecule has 10 heteroatoms. The second-order valence-corrected chi connectivity index (χ2v) is 9.89. The number of likely N-dealkylation sites (tertiary alicyclic amines) is 1. The Bertz CT molecular complexity index is 1420. The van der Waals surface area contributed by atoms with Crippen molar-refractivity contribution in [3.8, 4) is 17.2 Å². The topological polar surface area (TPSA) is 115 Å². The van der Waals surface area contributed by atoms with Crippen molar-refractivity contribution in [1.29, 1.82) is 0 Å². The number of nitrogens with one attached hydrogen (secondary N) is 2. The van der Waals surface area contributed by atoms with Gasteiger partial charge in [0.1, 0.15) is 12.4 Å². The molecule has 10 nitrogen and oxygen atoms in total. The van der Waals surface area contributed by atoms with Gasteiger partial charge in [-0.25, -0.2) is 9.59 Å². The lowest BCUT2D eigenvalue weighted by Crippen LogP contribution is -2.39. The number of aryl methyl sites for hydroxylation is 1. The van der Waals surface area contributed by atoms with Crippen molar-refractivity contribution in [3.63, 3.8) is 0 Å². The van der Waals surface area contributed by atoms with Crippen LogP contribution in [0.15, 0.2) is 60.7 Å². The number of rotatable bonds is 11. The average molecular weight is 576 g/mol. The van der Waals surface area contributed by atoms with Crippen molar-refractivity contribution in [1.82, 2.24) is 4.90 Å². The van der Waals surface area contributed by atoms with Crippen molar-refractivity contribution in [2.45, 2.75) is 39.2 Å². The van der Waals surface area contributed by atoms with Gasteiger partial charge in [0, 0.05) is 12.2 Å². The van der Waals surface area contributed by atoms with Crippen LogP contribution in [0.3, 0.4) is 0 Å². The van der Waals surface area contributed by atoms with Crippen LogP contribution in [0.5, 0.6) is 17.2 Å². The van der Waals surface area contributed by atoms with Gasteiger partial charge in [-0.15, -0.1) is 0 Å². The van der Waals surface area contributed by atoms with E-state index >= 15 is 0 Å². The van der Waals surface area contributed by atoms with Crippen LogP contribution in [0.25, 0.3) is 0 Å². The molecular weight excluding hydrogens is 538 g/mol. The summed E-state index contributed by atoms with van der Waals surface area (Å²) in [5, 5.41) is 5.65. The second kappa shape index (κ2) is 14.2. The molecule has 1 heterocycles. The molecule has 1 saturated heterocycles. The number of carbonyl (C=O) groups is 3. The largest absolute Gasteiger partial charge is 0.495 e. The zero-order valence-electron chi connectivity index (χ0n) is 24.4. The lowest BCUT2D eigenvalue weighted by Gasteiger charge is -2.25.